The van der Waals surface area contributed by atoms with Crippen LogP contribution in [0.3, 0.4) is 0 Å². The average Bonchev–Trinajstić information content (AvgIpc) is 2.39. The molecular weight excluding hydrogens is 240 g/mol. The van der Waals surface area contributed by atoms with Gasteiger partial charge in [-0.2, -0.15) is 0 Å². The predicted molar refractivity (Wildman–Crippen MR) is 74.2 cm³/mol. The van der Waals surface area contributed by atoms with E-state index in [0.29, 0.717) is 11.3 Å². The third kappa shape index (κ3) is 2.71. The van der Waals surface area contributed by atoms with Crippen LogP contribution in [0.4, 0.5) is 5.69 Å². The smallest absolute Gasteiger partial charge is 0.254 e. The topological polar surface area (TPSA) is 69.1 Å². The molecule has 100 valence electrons. The Hall–Kier alpha value is -2.00. The fourth-order valence-corrected chi connectivity index (χ4v) is 2.75. The molecule has 1 aromatic rings. The van der Waals surface area contributed by atoms with E-state index in [9.17, 15) is 4.79 Å². The summed E-state index contributed by atoms with van der Waals surface area (Å²) < 4.78 is 0. The molecule has 19 heavy (non-hydrogen) atoms. The number of hydrogen-bond donors (Lipinski definition) is 0. The summed E-state index contributed by atoms with van der Waals surface area (Å²) in [7, 11) is 0. The highest BCUT2D eigenvalue weighted by Crippen LogP contribution is 2.28. The molecule has 0 radical (unpaired) electrons. The van der Waals surface area contributed by atoms with Crippen LogP contribution in [0.25, 0.3) is 10.4 Å². The maximum absolute atomic E-state index is 12.7. The minimum atomic E-state index is -0.0392. The van der Waals surface area contributed by atoms with E-state index >= 15 is 0 Å². The molecule has 2 atom stereocenters. The number of rotatable bonds is 2. The Balaban J connectivity index is 2.35. The molecule has 1 aromatic carbocycles. The first-order valence-corrected chi connectivity index (χ1v) is 6.62. The number of hydrogen-bond acceptors (Lipinski definition) is 2. The maximum Gasteiger partial charge on any atom is 0.254 e. The van der Waals surface area contributed by atoms with Crippen molar-refractivity contribution in [2.45, 2.75) is 45.2 Å². The molecule has 0 aromatic heterocycles. The molecule has 5 heteroatoms. The van der Waals surface area contributed by atoms with Gasteiger partial charge in [0, 0.05) is 22.6 Å². The fraction of sp³-hybridized carbons (Fsp3) is 0.500. The zero-order valence-corrected chi connectivity index (χ0v) is 11.3. The van der Waals surface area contributed by atoms with Gasteiger partial charge in [-0.25, -0.2) is 0 Å². The number of piperidine rings is 1. The second-order valence-electron chi connectivity index (χ2n) is 5.05. The summed E-state index contributed by atoms with van der Waals surface area (Å²) >= 11 is 0. The van der Waals surface area contributed by atoms with Gasteiger partial charge in [0.2, 0.25) is 0 Å². The molecule has 0 N–H and O–H groups in total. The molecule has 2 unspecified atom stereocenters. The molecule has 1 fully saturated rings. The van der Waals surface area contributed by atoms with Crippen LogP contribution in [-0.4, -0.2) is 22.9 Å². The van der Waals surface area contributed by atoms with Gasteiger partial charge in [0.1, 0.15) is 0 Å². The lowest BCUT2D eigenvalue weighted by atomic mass is 9.96. The van der Waals surface area contributed by atoms with Crippen LogP contribution in [0.15, 0.2) is 29.4 Å². The summed E-state index contributed by atoms with van der Waals surface area (Å²) in [5, 5.41) is 3.61. The summed E-state index contributed by atoms with van der Waals surface area (Å²) in [5.41, 5.74) is 9.46. The molecule has 1 aliphatic heterocycles. The van der Waals surface area contributed by atoms with Gasteiger partial charge in [-0.05, 0) is 44.7 Å². The van der Waals surface area contributed by atoms with Gasteiger partial charge in [-0.3, -0.25) is 4.79 Å². The van der Waals surface area contributed by atoms with Crippen molar-refractivity contribution >= 4 is 11.6 Å². The zero-order valence-electron chi connectivity index (χ0n) is 11.3. The van der Waals surface area contributed by atoms with Crippen molar-refractivity contribution in [1.82, 2.24) is 4.90 Å². The number of nitrogens with zero attached hydrogens (tertiary/aromatic N) is 4. The Labute approximate surface area is 112 Å². The Kier molecular flexibility index (Phi) is 4.07. The molecule has 5 nitrogen and oxygen atoms in total. The van der Waals surface area contributed by atoms with Crippen molar-refractivity contribution in [2.24, 2.45) is 5.11 Å². The minimum absolute atomic E-state index is 0.0392. The number of benzene rings is 1. The fourth-order valence-electron chi connectivity index (χ4n) is 2.75. The lowest BCUT2D eigenvalue weighted by molar-refractivity contribution is 0.0511. The van der Waals surface area contributed by atoms with Gasteiger partial charge in [-0.15, -0.1) is 0 Å². The van der Waals surface area contributed by atoms with E-state index in [2.05, 4.69) is 23.9 Å². The van der Waals surface area contributed by atoms with Crippen LogP contribution in [-0.2, 0) is 0 Å². The predicted octanol–water partition coefficient (Wildman–Crippen LogP) is 4.03. The lowest BCUT2D eigenvalue weighted by Crippen LogP contribution is -2.47. The van der Waals surface area contributed by atoms with Gasteiger partial charge < -0.3 is 4.90 Å². The number of carbonyl (C=O) groups is 1. The van der Waals surface area contributed by atoms with Gasteiger partial charge in [-0.1, -0.05) is 23.3 Å². The second-order valence-corrected chi connectivity index (χ2v) is 5.05. The van der Waals surface area contributed by atoms with Crippen molar-refractivity contribution < 1.29 is 4.79 Å². The first kappa shape index (κ1) is 13.4. The molecule has 0 saturated carbocycles. The Morgan fingerprint density at radius 2 is 1.95 bits per heavy atom. The number of azide groups is 1. The number of carbonyl (C=O) groups excluding carboxylic acids is 1. The van der Waals surface area contributed by atoms with E-state index in [0.717, 1.165) is 19.3 Å². The van der Waals surface area contributed by atoms with Crippen LogP contribution < -0.4 is 0 Å². The third-order valence-corrected chi connectivity index (χ3v) is 3.71. The van der Waals surface area contributed by atoms with Crippen molar-refractivity contribution in [3.63, 3.8) is 0 Å². The van der Waals surface area contributed by atoms with Crippen LogP contribution >= 0.6 is 0 Å². The van der Waals surface area contributed by atoms with Gasteiger partial charge in [0.15, 0.2) is 0 Å². The molecule has 0 aliphatic carbocycles. The van der Waals surface area contributed by atoms with Gasteiger partial charge in [0.05, 0.1) is 5.69 Å². The van der Waals surface area contributed by atoms with Crippen molar-refractivity contribution in [1.29, 1.82) is 0 Å². The highest BCUT2D eigenvalue weighted by atomic mass is 16.2. The summed E-state index contributed by atoms with van der Waals surface area (Å²) in [4.78, 5) is 17.4. The summed E-state index contributed by atoms with van der Waals surface area (Å²) in [6.45, 7) is 4.15. The van der Waals surface area contributed by atoms with Crippen molar-refractivity contribution in [3.05, 3.63) is 40.3 Å². The maximum atomic E-state index is 12.7. The molecular formula is C14H18N4O. The van der Waals surface area contributed by atoms with Crippen LogP contribution in [0.2, 0.25) is 0 Å². The van der Waals surface area contributed by atoms with Crippen LogP contribution in [0, 0.1) is 0 Å². The molecule has 1 saturated heterocycles. The Morgan fingerprint density at radius 3 is 2.58 bits per heavy atom. The van der Waals surface area contributed by atoms with Crippen molar-refractivity contribution in [2.75, 3.05) is 0 Å². The molecule has 1 amide bonds. The SMILES string of the molecule is CC1CCCC(C)N1C(=O)c1ccccc1N=[N+]=[N-]. The Morgan fingerprint density at radius 1 is 1.32 bits per heavy atom. The summed E-state index contributed by atoms with van der Waals surface area (Å²) in [6, 6.07) is 7.42. The highest BCUT2D eigenvalue weighted by Gasteiger charge is 2.30. The molecule has 1 aliphatic rings. The van der Waals surface area contributed by atoms with E-state index in [4.69, 9.17) is 5.53 Å². The molecule has 1 heterocycles. The molecule has 0 spiro atoms. The van der Waals surface area contributed by atoms with Crippen molar-refractivity contribution in [3.8, 4) is 0 Å². The van der Waals surface area contributed by atoms with Crippen LogP contribution in [0.1, 0.15) is 43.5 Å². The largest absolute Gasteiger partial charge is 0.333 e. The van der Waals surface area contributed by atoms with E-state index in [1.165, 1.54) is 0 Å². The van der Waals surface area contributed by atoms with E-state index in [1.54, 1.807) is 24.3 Å². The normalized spacial score (nSPS) is 22.7. The number of amides is 1. The molecule has 2 rings (SSSR count). The first-order valence-electron chi connectivity index (χ1n) is 6.62. The van der Waals surface area contributed by atoms with Gasteiger partial charge >= 0.3 is 0 Å². The first-order chi connectivity index (χ1) is 9.15. The van der Waals surface area contributed by atoms with E-state index in [-0.39, 0.29) is 18.0 Å². The minimum Gasteiger partial charge on any atom is -0.333 e. The average molecular weight is 258 g/mol. The monoisotopic (exact) mass is 258 g/mol. The lowest BCUT2D eigenvalue weighted by Gasteiger charge is -2.39. The van der Waals surface area contributed by atoms with Gasteiger partial charge in [0.25, 0.3) is 5.91 Å². The van der Waals surface area contributed by atoms with E-state index in [1.807, 2.05) is 4.90 Å². The summed E-state index contributed by atoms with van der Waals surface area (Å²) in [5.74, 6) is -0.0392. The van der Waals surface area contributed by atoms with E-state index < -0.39 is 0 Å². The standard InChI is InChI=1S/C14H18N4O/c1-10-6-5-7-11(2)18(10)14(19)12-8-3-4-9-13(12)16-17-15/h3-4,8-11H,5-7H2,1-2H3. The quantitative estimate of drug-likeness (QED) is 0.448. The van der Waals surface area contributed by atoms with Crippen LogP contribution in [0.5, 0.6) is 0 Å². The second kappa shape index (κ2) is 5.76. The highest BCUT2D eigenvalue weighted by molar-refractivity contribution is 5.99. The third-order valence-electron chi connectivity index (χ3n) is 3.71. The Bertz CT molecular complexity index is 512. The molecule has 0 bridgehead atoms. The summed E-state index contributed by atoms with van der Waals surface area (Å²) in [6.07, 6.45) is 3.21. The zero-order chi connectivity index (χ0) is 13.8. The number of likely N-dealkylation sites (tertiary alicyclic amines) is 1.